The largest absolute Gasteiger partial charge is 0.451 e. The maximum Gasteiger partial charge on any atom is 0.349 e. The minimum Gasteiger partial charge on any atom is -0.451 e. The highest BCUT2D eigenvalue weighted by molar-refractivity contribution is 7.12. The zero-order chi connectivity index (χ0) is 13.8. The third-order valence-corrected chi connectivity index (χ3v) is 3.27. The molecule has 0 aliphatic rings. The van der Waals surface area contributed by atoms with Crippen LogP contribution >= 0.6 is 11.3 Å². The number of carbonyl (C=O) groups excluding carboxylic acids is 2. The van der Waals surface area contributed by atoms with E-state index in [0.717, 1.165) is 5.56 Å². The van der Waals surface area contributed by atoms with E-state index in [4.69, 9.17) is 9.26 Å². The second kappa shape index (κ2) is 5.66. The molecule has 2 rings (SSSR count). The van der Waals surface area contributed by atoms with Gasteiger partial charge in [-0.15, -0.1) is 11.3 Å². The third kappa shape index (κ3) is 3.41. The summed E-state index contributed by atoms with van der Waals surface area (Å²) in [7, 11) is 0. The highest BCUT2D eigenvalue weighted by atomic mass is 32.1. The molecule has 0 aliphatic heterocycles. The van der Waals surface area contributed by atoms with E-state index in [0.29, 0.717) is 16.5 Å². The van der Waals surface area contributed by atoms with Crippen molar-refractivity contribution < 1.29 is 18.8 Å². The predicted molar refractivity (Wildman–Crippen MR) is 69.2 cm³/mol. The fraction of sp³-hybridized carbons (Fsp3) is 0.250. The van der Waals surface area contributed by atoms with Gasteiger partial charge in [0, 0.05) is 6.07 Å². The summed E-state index contributed by atoms with van der Waals surface area (Å²) >= 11 is 1.28. The molecule has 0 fully saturated rings. The normalized spacial score (nSPS) is 10.2. The molecule has 6 nitrogen and oxygen atoms in total. The van der Waals surface area contributed by atoms with Crippen LogP contribution in [0.5, 0.6) is 0 Å². The van der Waals surface area contributed by atoms with Gasteiger partial charge in [-0.25, -0.2) is 4.79 Å². The second-order valence-corrected chi connectivity index (χ2v) is 4.80. The average molecular weight is 280 g/mol. The highest BCUT2D eigenvalue weighted by Crippen LogP contribution is 2.16. The molecule has 0 radical (unpaired) electrons. The molecule has 0 aromatic carbocycles. The number of ether oxygens (including phenoxy) is 1. The van der Waals surface area contributed by atoms with E-state index in [1.54, 1.807) is 18.4 Å². The molecule has 0 aliphatic carbocycles. The summed E-state index contributed by atoms with van der Waals surface area (Å²) in [5.41, 5.74) is 0.836. The number of thiophene rings is 1. The standard InChI is InChI=1S/C12H12N2O4S/c1-7-3-4-19-11(7)12(16)17-6-10(15)13-9-5-8(2)18-14-9/h3-5H,6H2,1-2H3,(H,13,14,15). The molecule has 7 heteroatoms. The first-order valence-electron chi connectivity index (χ1n) is 5.50. The number of aromatic nitrogens is 1. The van der Waals surface area contributed by atoms with Gasteiger partial charge in [-0.05, 0) is 30.9 Å². The molecule has 0 spiro atoms. The van der Waals surface area contributed by atoms with Gasteiger partial charge >= 0.3 is 5.97 Å². The van der Waals surface area contributed by atoms with Gasteiger partial charge in [0.1, 0.15) is 10.6 Å². The van der Waals surface area contributed by atoms with Crippen LogP contribution in [0.4, 0.5) is 5.82 Å². The van der Waals surface area contributed by atoms with Crippen LogP contribution in [-0.2, 0) is 9.53 Å². The summed E-state index contributed by atoms with van der Waals surface area (Å²) in [5, 5.41) is 7.86. The minimum atomic E-state index is -0.501. The Hall–Kier alpha value is -2.15. The third-order valence-electron chi connectivity index (χ3n) is 2.28. The summed E-state index contributed by atoms with van der Waals surface area (Å²) in [5.74, 6) is -0.0813. The highest BCUT2D eigenvalue weighted by Gasteiger charge is 2.14. The Morgan fingerprint density at radius 1 is 1.47 bits per heavy atom. The van der Waals surface area contributed by atoms with E-state index in [9.17, 15) is 9.59 Å². The molecule has 2 heterocycles. The summed E-state index contributed by atoms with van der Waals surface area (Å²) in [6, 6.07) is 3.39. The maximum absolute atomic E-state index is 11.7. The average Bonchev–Trinajstić information content (AvgIpc) is 2.95. The van der Waals surface area contributed by atoms with Gasteiger partial charge in [0.2, 0.25) is 0 Å². The van der Waals surface area contributed by atoms with Crippen LogP contribution in [0.3, 0.4) is 0 Å². The van der Waals surface area contributed by atoms with Crippen LogP contribution in [0.25, 0.3) is 0 Å². The molecule has 0 saturated heterocycles. The van der Waals surface area contributed by atoms with E-state index in [-0.39, 0.29) is 6.61 Å². The van der Waals surface area contributed by atoms with Crippen molar-refractivity contribution in [3.8, 4) is 0 Å². The number of nitrogens with zero attached hydrogens (tertiary/aromatic N) is 1. The SMILES string of the molecule is Cc1cc(NC(=O)COC(=O)c2sccc2C)no1. The molecule has 2 aromatic heterocycles. The number of carbonyl (C=O) groups is 2. The van der Waals surface area contributed by atoms with Gasteiger partial charge in [0.15, 0.2) is 12.4 Å². The number of amides is 1. The van der Waals surface area contributed by atoms with E-state index >= 15 is 0 Å². The van der Waals surface area contributed by atoms with Crippen LogP contribution in [-0.4, -0.2) is 23.6 Å². The van der Waals surface area contributed by atoms with Crippen molar-refractivity contribution in [2.45, 2.75) is 13.8 Å². The molecule has 2 aromatic rings. The van der Waals surface area contributed by atoms with Crippen LogP contribution < -0.4 is 5.32 Å². The number of esters is 1. The van der Waals surface area contributed by atoms with Crippen molar-refractivity contribution in [2.75, 3.05) is 11.9 Å². The molecule has 0 unspecified atom stereocenters. The van der Waals surface area contributed by atoms with Gasteiger partial charge < -0.3 is 14.6 Å². The zero-order valence-corrected chi connectivity index (χ0v) is 11.2. The fourth-order valence-corrected chi connectivity index (χ4v) is 2.20. The van der Waals surface area contributed by atoms with Crippen LogP contribution in [0.2, 0.25) is 0 Å². The van der Waals surface area contributed by atoms with Crippen LogP contribution in [0.1, 0.15) is 21.0 Å². The topological polar surface area (TPSA) is 81.4 Å². The van der Waals surface area contributed by atoms with Crippen molar-refractivity contribution >= 4 is 29.0 Å². The molecule has 0 saturated carbocycles. The van der Waals surface area contributed by atoms with Gasteiger partial charge in [-0.1, -0.05) is 5.16 Å². The first kappa shape index (κ1) is 13.3. The molecule has 1 N–H and O–H groups in total. The van der Waals surface area contributed by atoms with Crippen molar-refractivity contribution in [2.24, 2.45) is 0 Å². The lowest BCUT2D eigenvalue weighted by atomic mass is 10.3. The van der Waals surface area contributed by atoms with Crippen LogP contribution in [0.15, 0.2) is 22.0 Å². The second-order valence-electron chi connectivity index (χ2n) is 3.88. The molecular formula is C12H12N2O4S. The lowest BCUT2D eigenvalue weighted by molar-refractivity contribution is -0.119. The molecule has 1 amide bonds. The van der Waals surface area contributed by atoms with Gasteiger partial charge in [0.25, 0.3) is 5.91 Å². The van der Waals surface area contributed by atoms with Crippen molar-refractivity contribution in [1.82, 2.24) is 5.16 Å². The molecule has 0 atom stereocenters. The molecule has 0 bridgehead atoms. The lowest BCUT2D eigenvalue weighted by Crippen LogP contribution is -2.20. The Bertz CT molecular complexity index is 602. The number of hydrogen-bond donors (Lipinski definition) is 1. The Labute approximate surface area is 113 Å². The van der Waals surface area contributed by atoms with Crippen molar-refractivity contribution in [3.05, 3.63) is 33.7 Å². The Morgan fingerprint density at radius 3 is 2.84 bits per heavy atom. The molecule has 100 valence electrons. The van der Waals surface area contributed by atoms with Crippen molar-refractivity contribution in [3.63, 3.8) is 0 Å². The fourth-order valence-electron chi connectivity index (χ4n) is 1.38. The summed E-state index contributed by atoms with van der Waals surface area (Å²) in [4.78, 5) is 23.7. The quantitative estimate of drug-likeness (QED) is 0.868. The number of hydrogen-bond acceptors (Lipinski definition) is 6. The summed E-state index contributed by atoms with van der Waals surface area (Å²) in [6.07, 6.45) is 0. The van der Waals surface area contributed by atoms with E-state index in [2.05, 4.69) is 10.5 Å². The van der Waals surface area contributed by atoms with Gasteiger partial charge in [-0.3, -0.25) is 4.79 Å². The van der Waals surface area contributed by atoms with Crippen LogP contribution in [0, 0.1) is 13.8 Å². The summed E-state index contributed by atoms with van der Waals surface area (Å²) in [6.45, 7) is 3.16. The Morgan fingerprint density at radius 2 is 2.26 bits per heavy atom. The number of rotatable bonds is 4. The monoisotopic (exact) mass is 280 g/mol. The Balaban J connectivity index is 1.84. The number of nitrogens with one attached hydrogen (secondary N) is 1. The van der Waals surface area contributed by atoms with Crippen molar-refractivity contribution in [1.29, 1.82) is 0 Å². The zero-order valence-electron chi connectivity index (χ0n) is 10.4. The predicted octanol–water partition coefficient (Wildman–Crippen LogP) is 2.15. The molecule has 19 heavy (non-hydrogen) atoms. The summed E-state index contributed by atoms with van der Waals surface area (Å²) < 4.78 is 9.70. The van der Waals surface area contributed by atoms with Gasteiger partial charge in [0.05, 0.1) is 0 Å². The van der Waals surface area contributed by atoms with E-state index in [1.807, 2.05) is 13.0 Å². The lowest BCUT2D eigenvalue weighted by Gasteiger charge is -2.03. The Kier molecular flexibility index (Phi) is 3.96. The van der Waals surface area contributed by atoms with E-state index in [1.165, 1.54) is 11.3 Å². The molecular weight excluding hydrogens is 268 g/mol. The van der Waals surface area contributed by atoms with Gasteiger partial charge in [-0.2, -0.15) is 0 Å². The first-order chi connectivity index (χ1) is 9.06. The number of aryl methyl sites for hydroxylation is 2. The smallest absolute Gasteiger partial charge is 0.349 e. The minimum absolute atomic E-state index is 0.297. The number of anilines is 1. The first-order valence-corrected chi connectivity index (χ1v) is 6.38. The maximum atomic E-state index is 11.7. The van der Waals surface area contributed by atoms with E-state index < -0.39 is 11.9 Å².